The number of nitrogens with zero attached hydrogens (tertiary/aromatic N) is 3. The monoisotopic (exact) mass is 695 g/mol. The van der Waals surface area contributed by atoms with E-state index in [2.05, 4.69) is 169 Å². The van der Waals surface area contributed by atoms with Gasteiger partial charge >= 0.3 is 0 Å². The van der Waals surface area contributed by atoms with Crippen LogP contribution in [0.1, 0.15) is 94.5 Å². The van der Waals surface area contributed by atoms with Gasteiger partial charge in [0, 0.05) is 64.4 Å². The highest BCUT2D eigenvalue weighted by molar-refractivity contribution is 5.75. The lowest BCUT2D eigenvalue weighted by Crippen LogP contribution is -2.32. The normalized spacial score (nSPS) is 20.3. The number of aromatic nitrogens is 1. The fourth-order valence-electron chi connectivity index (χ4n) is 8.71. The summed E-state index contributed by atoms with van der Waals surface area (Å²) in [7, 11) is 0. The third kappa shape index (κ3) is 7.10. The van der Waals surface area contributed by atoms with Gasteiger partial charge in [0.05, 0.1) is 5.35 Å². The zero-order valence-corrected chi connectivity index (χ0v) is 31.8. The average molecular weight is 696 g/mol. The Labute approximate surface area is 316 Å². The SMILES string of the molecule is CCN(C1=CCC(C)=c2c(c3c(n2-c2ccc(N(CC)/C4=C/CC=C5CCC=CC/C=C\C5=C\C4)cc2)CCC=C3)=C1)c1ccc2c(c1)C=CCC=C2. The third-order valence-electron chi connectivity index (χ3n) is 11.4. The van der Waals surface area contributed by atoms with E-state index < -0.39 is 0 Å². The Kier molecular flexibility index (Phi) is 10.3. The lowest BCUT2D eigenvalue weighted by Gasteiger charge is -2.27. The maximum Gasteiger partial charge on any atom is 0.0530 e. The van der Waals surface area contributed by atoms with Crippen LogP contribution in [0.2, 0.25) is 0 Å². The van der Waals surface area contributed by atoms with Gasteiger partial charge in [-0.1, -0.05) is 91.1 Å². The molecule has 5 aliphatic rings. The van der Waals surface area contributed by atoms with Gasteiger partial charge in [0.1, 0.15) is 0 Å². The summed E-state index contributed by atoms with van der Waals surface area (Å²) in [5, 5.41) is 2.71. The summed E-state index contributed by atoms with van der Waals surface area (Å²) in [5.74, 6) is 0. The fraction of sp³-hybridized carbons (Fsp3) is 0.280. The van der Waals surface area contributed by atoms with Crippen molar-refractivity contribution in [2.75, 3.05) is 22.9 Å². The molecule has 0 amide bonds. The summed E-state index contributed by atoms with van der Waals surface area (Å²) in [5.41, 5.74) is 16.1. The smallest absolute Gasteiger partial charge is 0.0530 e. The standard InChI is InChI=1S/C50H53N3/c1-4-51(42-22-16-21-38-17-10-7-6-8-11-18-39(38)26-29-42)43-31-33-44(34-32-43)53-49-24-15-14-23-47(49)48-36-46(28-25-37(3)50(48)53)52(5-2)45-30-27-40-19-12-9-13-20-41(40)35-45/h6-7,11-14,18-23,26-28,30-36H,4-5,8-10,15-17,24-25,29H2,1-3H3/b7-6?,18-11-,38-21?,39-26-,42-22+. The van der Waals surface area contributed by atoms with E-state index in [4.69, 9.17) is 0 Å². The minimum atomic E-state index is 0.905. The molecule has 3 nitrogen and oxygen atoms in total. The van der Waals surface area contributed by atoms with Crippen molar-refractivity contribution in [1.82, 2.24) is 4.57 Å². The van der Waals surface area contributed by atoms with Crippen LogP contribution < -0.4 is 20.4 Å². The quantitative estimate of drug-likeness (QED) is 0.228. The Morgan fingerprint density at radius 2 is 1.42 bits per heavy atom. The number of rotatable bonds is 7. The summed E-state index contributed by atoms with van der Waals surface area (Å²) in [6.45, 7) is 8.72. The molecule has 53 heavy (non-hydrogen) atoms. The summed E-state index contributed by atoms with van der Waals surface area (Å²) in [6.07, 6.45) is 44.4. The van der Waals surface area contributed by atoms with Crippen molar-refractivity contribution < 1.29 is 0 Å². The molecular formula is C50H53N3. The first-order valence-corrected chi connectivity index (χ1v) is 20.0. The first-order valence-electron chi connectivity index (χ1n) is 20.0. The van der Waals surface area contributed by atoms with Crippen LogP contribution in [-0.2, 0) is 6.42 Å². The predicted octanol–water partition coefficient (Wildman–Crippen LogP) is 11.3. The molecule has 0 spiro atoms. The summed E-state index contributed by atoms with van der Waals surface area (Å²) in [6, 6.07) is 16.3. The van der Waals surface area contributed by atoms with Gasteiger partial charge in [0.15, 0.2) is 0 Å². The van der Waals surface area contributed by atoms with Crippen LogP contribution >= 0.6 is 0 Å². The van der Waals surface area contributed by atoms with Gasteiger partial charge in [-0.2, -0.15) is 0 Å². The molecule has 0 saturated heterocycles. The highest BCUT2D eigenvalue weighted by atomic mass is 15.1. The van der Waals surface area contributed by atoms with E-state index in [1.807, 2.05) is 0 Å². The molecule has 3 heteroatoms. The largest absolute Gasteiger partial charge is 0.345 e. The molecule has 0 radical (unpaired) electrons. The summed E-state index contributed by atoms with van der Waals surface area (Å²) >= 11 is 0. The molecule has 5 aliphatic carbocycles. The molecule has 8 rings (SSSR count). The highest BCUT2D eigenvalue weighted by Crippen LogP contribution is 2.31. The van der Waals surface area contributed by atoms with Gasteiger partial charge in [-0.05, 0) is 142 Å². The molecule has 0 saturated carbocycles. The van der Waals surface area contributed by atoms with Crippen LogP contribution in [0.5, 0.6) is 0 Å². The second-order valence-corrected chi connectivity index (χ2v) is 14.7. The van der Waals surface area contributed by atoms with Crippen LogP contribution in [0.25, 0.3) is 35.6 Å². The van der Waals surface area contributed by atoms with E-state index in [1.54, 1.807) is 0 Å². The number of hydrogen-bond donors (Lipinski definition) is 0. The Bertz CT molecular complexity index is 2290. The molecular weight excluding hydrogens is 643 g/mol. The minimum Gasteiger partial charge on any atom is -0.345 e. The zero-order chi connectivity index (χ0) is 36.1. The molecule has 0 unspecified atom stereocenters. The third-order valence-corrected chi connectivity index (χ3v) is 11.4. The van der Waals surface area contributed by atoms with Gasteiger partial charge < -0.3 is 14.4 Å². The number of benzene rings is 2. The average Bonchev–Trinajstić information content (AvgIpc) is 3.25. The van der Waals surface area contributed by atoms with Crippen molar-refractivity contribution in [3.8, 4) is 5.69 Å². The topological polar surface area (TPSA) is 11.4 Å². The molecule has 3 aromatic rings. The summed E-state index contributed by atoms with van der Waals surface area (Å²) < 4.78 is 2.58. The van der Waals surface area contributed by atoms with Crippen molar-refractivity contribution in [3.63, 3.8) is 0 Å². The van der Waals surface area contributed by atoms with Crippen molar-refractivity contribution >= 4 is 41.3 Å². The van der Waals surface area contributed by atoms with E-state index >= 15 is 0 Å². The van der Waals surface area contributed by atoms with E-state index in [0.29, 0.717) is 0 Å². The molecule has 1 heterocycles. The minimum absolute atomic E-state index is 0.905. The van der Waals surface area contributed by atoms with Gasteiger partial charge in [0.25, 0.3) is 0 Å². The van der Waals surface area contributed by atoms with Crippen molar-refractivity contribution in [3.05, 3.63) is 165 Å². The van der Waals surface area contributed by atoms with Gasteiger partial charge in [-0.3, -0.25) is 0 Å². The number of fused-ring (bicyclic) bond motifs is 5. The molecule has 1 aromatic heterocycles. The molecule has 0 bridgehead atoms. The predicted molar refractivity (Wildman–Crippen MR) is 229 cm³/mol. The number of hydrogen-bond acceptors (Lipinski definition) is 2. The summed E-state index contributed by atoms with van der Waals surface area (Å²) in [4.78, 5) is 4.99. The van der Waals surface area contributed by atoms with Crippen LogP contribution in [0.4, 0.5) is 11.4 Å². The van der Waals surface area contributed by atoms with Crippen LogP contribution in [0.3, 0.4) is 0 Å². The van der Waals surface area contributed by atoms with E-state index in [-0.39, 0.29) is 0 Å². The first-order chi connectivity index (χ1) is 26.1. The van der Waals surface area contributed by atoms with Crippen LogP contribution in [-0.4, -0.2) is 17.7 Å². The van der Waals surface area contributed by atoms with Crippen LogP contribution in [0, 0.1) is 0 Å². The first kappa shape index (κ1) is 34.8. The van der Waals surface area contributed by atoms with Crippen molar-refractivity contribution in [1.29, 1.82) is 0 Å². The van der Waals surface area contributed by atoms with Crippen molar-refractivity contribution in [2.24, 2.45) is 0 Å². The maximum absolute atomic E-state index is 2.58. The fourth-order valence-corrected chi connectivity index (χ4v) is 8.71. The van der Waals surface area contributed by atoms with Crippen LogP contribution in [0.15, 0.2) is 132 Å². The van der Waals surface area contributed by atoms with E-state index in [0.717, 1.165) is 70.9 Å². The molecule has 0 N–H and O–H groups in total. The van der Waals surface area contributed by atoms with E-state index in [1.165, 1.54) is 78.1 Å². The Morgan fingerprint density at radius 3 is 2.26 bits per heavy atom. The second kappa shape index (κ2) is 15.8. The molecule has 268 valence electrons. The molecule has 0 fully saturated rings. The second-order valence-electron chi connectivity index (χ2n) is 14.7. The lowest BCUT2D eigenvalue weighted by molar-refractivity contribution is 0.855. The highest BCUT2D eigenvalue weighted by Gasteiger charge is 2.22. The molecule has 2 aromatic carbocycles. The number of allylic oxidation sites excluding steroid dienone is 14. The maximum atomic E-state index is 2.58. The van der Waals surface area contributed by atoms with Gasteiger partial charge in [-0.15, -0.1) is 0 Å². The Morgan fingerprint density at radius 1 is 0.642 bits per heavy atom. The van der Waals surface area contributed by atoms with Gasteiger partial charge in [0.2, 0.25) is 0 Å². The van der Waals surface area contributed by atoms with E-state index in [9.17, 15) is 0 Å². The van der Waals surface area contributed by atoms with Gasteiger partial charge in [-0.25, -0.2) is 0 Å². The Balaban J connectivity index is 1.14. The molecule has 0 atom stereocenters. The lowest BCUT2D eigenvalue weighted by atomic mass is 9.96. The Hall–Kier alpha value is -5.28. The number of anilines is 2. The van der Waals surface area contributed by atoms with Crippen molar-refractivity contribution in [2.45, 2.75) is 78.6 Å². The molecule has 0 aliphatic heterocycles. The zero-order valence-electron chi connectivity index (χ0n) is 31.8.